The second kappa shape index (κ2) is 9.44. The molecule has 1 aliphatic rings. The van der Waals surface area contributed by atoms with E-state index < -0.39 is 47.0 Å². The minimum absolute atomic E-state index is 0.00602. The van der Waals surface area contributed by atoms with Crippen molar-refractivity contribution in [2.24, 2.45) is 0 Å². The zero-order valence-corrected chi connectivity index (χ0v) is 17.7. The van der Waals surface area contributed by atoms with Gasteiger partial charge in [-0.3, -0.25) is 0 Å². The zero-order chi connectivity index (χ0) is 22.8. The highest BCUT2D eigenvalue weighted by Gasteiger charge is 2.44. The summed E-state index contributed by atoms with van der Waals surface area (Å²) in [5.41, 5.74) is 2.30. The van der Waals surface area contributed by atoms with E-state index in [4.69, 9.17) is 4.74 Å². The number of sulfone groups is 1. The zero-order valence-electron chi connectivity index (χ0n) is 16.9. The highest BCUT2D eigenvalue weighted by Crippen LogP contribution is 2.33. The Balaban J connectivity index is 1.90. The van der Waals surface area contributed by atoms with Gasteiger partial charge in [0.15, 0.2) is 9.84 Å². The number of aliphatic hydroxyl groups excluding tert-OH is 4. The van der Waals surface area contributed by atoms with Crippen LogP contribution in [0.2, 0.25) is 0 Å². The predicted octanol–water partition coefficient (Wildman–Crippen LogP) is 0.458. The molecule has 0 aromatic heterocycles. The Morgan fingerprint density at radius 1 is 1.03 bits per heavy atom. The molecule has 3 rings (SSSR count). The summed E-state index contributed by atoms with van der Waals surface area (Å²) in [6.07, 6.45) is -6.07. The summed E-state index contributed by atoms with van der Waals surface area (Å²) in [7, 11) is -3.31. The van der Waals surface area contributed by atoms with Gasteiger partial charge in [-0.15, -0.1) is 0 Å². The number of nitriles is 1. The summed E-state index contributed by atoms with van der Waals surface area (Å²) in [4.78, 5) is 0.231. The topological polar surface area (TPSA) is 148 Å². The van der Waals surface area contributed by atoms with Crippen molar-refractivity contribution >= 4 is 9.84 Å². The molecule has 0 unspecified atom stereocenters. The van der Waals surface area contributed by atoms with Crippen LogP contribution in [-0.2, 0) is 21.0 Å². The lowest BCUT2D eigenvalue weighted by Gasteiger charge is -2.40. The molecular weight excluding hydrogens is 422 g/mol. The normalized spacial score (nSPS) is 26.4. The van der Waals surface area contributed by atoms with Crippen molar-refractivity contribution in [3.05, 3.63) is 64.7 Å². The smallest absolute Gasteiger partial charge is 0.178 e. The summed E-state index contributed by atoms with van der Waals surface area (Å²) >= 11 is 0. The first-order valence-corrected chi connectivity index (χ1v) is 11.5. The van der Waals surface area contributed by atoms with E-state index in [1.54, 1.807) is 37.3 Å². The van der Waals surface area contributed by atoms with Gasteiger partial charge >= 0.3 is 0 Å². The summed E-state index contributed by atoms with van der Waals surface area (Å²) in [6, 6.07) is 13.4. The number of benzene rings is 2. The molecule has 9 heteroatoms. The van der Waals surface area contributed by atoms with Crippen LogP contribution >= 0.6 is 0 Å². The van der Waals surface area contributed by atoms with Crippen LogP contribution in [0.5, 0.6) is 0 Å². The minimum atomic E-state index is -3.31. The quantitative estimate of drug-likeness (QED) is 0.499. The van der Waals surface area contributed by atoms with E-state index in [-0.39, 0.29) is 10.6 Å². The molecule has 166 valence electrons. The van der Waals surface area contributed by atoms with Crippen molar-refractivity contribution in [2.45, 2.75) is 48.8 Å². The third kappa shape index (κ3) is 4.80. The van der Waals surface area contributed by atoms with Gasteiger partial charge in [-0.05, 0) is 41.3 Å². The van der Waals surface area contributed by atoms with E-state index in [0.29, 0.717) is 23.1 Å². The maximum atomic E-state index is 12.0. The van der Waals surface area contributed by atoms with E-state index in [0.717, 1.165) is 5.56 Å². The number of nitrogens with zero attached hydrogens (tertiary/aromatic N) is 1. The monoisotopic (exact) mass is 447 g/mol. The Morgan fingerprint density at radius 2 is 1.71 bits per heavy atom. The van der Waals surface area contributed by atoms with E-state index in [1.807, 2.05) is 0 Å². The number of ether oxygens (including phenoxy) is 1. The summed E-state index contributed by atoms with van der Waals surface area (Å²) in [6.45, 7) is 1.05. The molecule has 0 aliphatic carbocycles. The van der Waals surface area contributed by atoms with Gasteiger partial charge in [0.25, 0.3) is 0 Å². The molecule has 0 saturated carbocycles. The average Bonchev–Trinajstić information content (AvgIpc) is 2.78. The Bertz CT molecular complexity index is 1060. The van der Waals surface area contributed by atoms with Gasteiger partial charge in [0, 0.05) is 0 Å². The SMILES string of the molecule is CCS(=O)(=O)c1ccc(Cc2cc([C@@H]3O[C@H](CO)[C@@H](O)[C@H](O)[C@H]3O)ccc2C#N)cc1. The molecular formula is C22H25NO7S. The highest BCUT2D eigenvalue weighted by atomic mass is 32.2. The standard InChI is InChI=1S/C22H25NO7S/c1-2-31(28,29)17-7-3-13(4-8-17)9-16-10-14(5-6-15(16)11-23)22-21(27)20(26)19(25)18(12-24)30-22/h3-8,10,18-22,24-27H,2,9,12H2,1H3/t18-,19-,20+,21-,22+/m1/s1. The largest absolute Gasteiger partial charge is 0.394 e. The first kappa shape index (κ1) is 23.3. The first-order valence-electron chi connectivity index (χ1n) is 9.87. The van der Waals surface area contributed by atoms with Crippen LogP contribution < -0.4 is 0 Å². The van der Waals surface area contributed by atoms with E-state index in [2.05, 4.69) is 6.07 Å². The number of aliphatic hydroxyl groups is 4. The van der Waals surface area contributed by atoms with Gasteiger partial charge in [0.1, 0.15) is 30.5 Å². The second-order valence-corrected chi connectivity index (χ2v) is 9.78. The van der Waals surface area contributed by atoms with Crippen molar-refractivity contribution in [1.82, 2.24) is 0 Å². The lowest BCUT2D eigenvalue weighted by molar-refractivity contribution is -0.231. The molecule has 5 atom stereocenters. The fourth-order valence-corrected chi connectivity index (χ4v) is 4.51. The van der Waals surface area contributed by atoms with E-state index >= 15 is 0 Å². The Labute approximate surface area is 180 Å². The predicted molar refractivity (Wildman–Crippen MR) is 111 cm³/mol. The Hall–Kier alpha value is -2.32. The Morgan fingerprint density at radius 3 is 2.29 bits per heavy atom. The van der Waals surface area contributed by atoms with Crippen molar-refractivity contribution < 1.29 is 33.6 Å². The maximum absolute atomic E-state index is 12.0. The summed E-state index contributed by atoms with van der Waals surface area (Å²) in [5, 5.41) is 49.3. The summed E-state index contributed by atoms with van der Waals surface area (Å²) in [5.74, 6) is 0.00602. The fourth-order valence-electron chi connectivity index (χ4n) is 3.62. The lowest BCUT2D eigenvalue weighted by Crippen LogP contribution is -2.55. The summed E-state index contributed by atoms with van der Waals surface area (Å²) < 4.78 is 29.6. The fraction of sp³-hybridized carbons (Fsp3) is 0.409. The van der Waals surface area contributed by atoms with E-state index in [9.17, 15) is 34.1 Å². The first-order chi connectivity index (χ1) is 14.7. The van der Waals surface area contributed by atoms with Crippen LogP contribution in [0.25, 0.3) is 0 Å². The van der Waals surface area contributed by atoms with Crippen LogP contribution in [0, 0.1) is 11.3 Å². The number of hydrogen-bond acceptors (Lipinski definition) is 8. The molecule has 1 aliphatic heterocycles. The van der Waals surface area contributed by atoms with Crippen LogP contribution in [-0.4, -0.2) is 65.6 Å². The van der Waals surface area contributed by atoms with Gasteiger partial charge in [-0.1, -0.05) is 31.2 Å². The molecule has 0 radical (unpaired) electrons. The Kier molecular flexibility index (Phi) is 7.11. The van der Waals surface area contributed by atoms with Crippen molar-refractivity contribution in [3.8, 4) is 6.07 Å². The molecule has 2 aromatic carbocycles. The third-order valence-electron chi connectivity index (χ3n) is 5.53. The van der Waals surface area contributed by atoms with Crippen LogP contribution in [0.4, 0.5) is 0 Å². The van der Waals surface area contributed by atoms with Gasteiger partial charge in [-0.2, -0.15) is 5.26 Å². The van der Waals surface area contributed by atoms with Crippen molar-refractivity contribution in [3.63, 3.8) is 0 Å². The lowest BCUT2D eigenvalue weighted by atomic mass is 9.89. The molecule has 4 N–H and O–H groups in total. The molecule has 0 amide bonds. The maximum Gasteiger partial charge on any atom is 0.178 e. The molecule has 0 spiro atoms. The van der Waals surface area contributed by atoms with Crippen LogP contribution in [0.3, 0.4) is 0 Å². The van der Waals surface area contributed by atoms with Crippen LogP contribution in [0.15, 0.2) is 47.4 Å². The van der Waals surface area contributed by atoms with Crippen molar-refractivity contribution in [2.75, 3.05) is 12.4 Å². The molecule has 0 bridgehead atoms. The molecule has 1 fully saturated rings. The highest BCUT2D eigenvalue weighted by molar-refractivity contribution is 7.91. The molecule has 1 heterocycles. The number of rotatable bonds is 6. The van der Waals surface area contributed by atoms with Gasteiger partial charge < -0.3 is 25.2 Å². The minimum Gasteiger partial charge on any atom is -0.394 e. The number of hydrogen-bond donors (Lipinski definition) is 4. The molecule has 31 heavy (non-hydrogen) atoms. The van der Waals surface area contributed by atoms with Crippen LogP contribution in [0.1, 0.15) is 35.3 Å². The van der Waals surface area contributed by atoms with E-state index in [1.165, 1.54) is 12.1 Å². The second-order valence-electron chi connectivity index (χ2n) is 7.50. The van der Waals surface area contributed by atoms with Gasteiger partial charge in [-0.25, -0.2) is 8.42 Å². The van der Waals surface area contributed by atoms with Gasteiger partial charge in [0.05, 0.1) is 28.9 Å². The molecule has 8 nitrogen and oxygen atoms in total. The molecule has 2 aromatic rings. The third-order valence-corrected chi connectivity index (χ3v) is 7.28. The van der Waals surface area contributed by atoms with Gasteiger partial charge in [0.2, 0.25) is 0 Å². The molecule has 1 saturated heterocycles. The average molecular weight is 448 g/mol. The van der Waals surface area contributed by atoms with Crippen molar-refractivity contribution in [1.29, 1.82) is 5.26 Å².